The first-order chi connectivity index (χ1) is 15.9. The van der Waals surface area contributed by atoms with Crippen LogP contribution < -0.4 is 10.0 Å². The number of anilines is 1. The largest absolute Gasteiger partial charge is 0.416 e. The Hall–Kier alpha value is -1.78. The summed E-state index contributed by atoms with van der Waals surface area (Å²) in [5, 5.41) is 3.86. The highest BCUT2D eigenvalue weighted by Crippen LogP contribution is 2.38. The molecular formula is C22H19Cl3F3N3O2S. The molecule has 182 valence electrons. The molecule has 1 saturated carbocycles. The predicted molar refractivity (Wildman–Crippen MR) is 128 cm³/mol. The number of hydrogen-bond acceptors (Lipinski definition) is 4. The Morgan fingerprint density at radius 2 is 1.53 bits per heavy atom. The first kappa shape index (κ1) is 25.3. The molecule has 2 aromatic carbocycles. The first-order valence-corrected chi connectivity index (χ1v) is 12.9. The molecule has 1 heterocycles. The van der Waals surface area contributed by atoms with Crippen LogP contribution in [-0.4, -0.2) is 25.5 Å². The second kappa shape index (κ2) is 9.70. The van der Waals surface area contributed by atoms with Crippen LogP contribution in [0.1, 0.15) is 31.2 Å². The lowest BCUT2D eigenvalue weighted by atomic mass is 9.91. The van der Waals surface area contributed by atoms with Crippen LogP contribution >= 0.6 is 34.8 Å². The average molecular weight is 553 g/mol. The van der Waals surface area contributed by atoms with Gasteiger partial charge in [0, 0.05) is 34.4 Å². The molecule has 0 spiro atoms. The maximum absolute atomic E-state index is 12.9. The van der Waals surface area contributed by atoms with E-state index in [2.05, 4.69) is 15.0 Å². The molecule has 0 amide bonds. The molecule has 2 N–H and O–H groups in total. The molecule has 5 nitrogen and oxygen atoms in total. The van der Waals surface area contributed by atoms with Crippen molar-refractivity contribution in [2.75, 3.05) is 5.32 Å². The molecule has 0 radical (unpaired) electrons. The van der Waals surface area contributed by atoms with E-state index in [1.54, 1.807) is 18.3 Å². The van der Waals surface area contributed by atoms with Gasteiger partial charge in [0.25, 0.3) is 0 Å². The normalized spacial score (nSPS) is 19.4. The molecule has 0 bridgehead atoms. The van der Waals surface area contributed by atoms with Crippen molar-refractivity contribution in [2.24, 2.45) is 0 Å². The number of rotatable bonds is 5. The lowest BCUT2D eigenvalue weighted by Gasteiger charge is -2.30. The van der Waals surface area contributed by atoms with Crippen molar-refractivity contribution in [3.63, 3.8) is 0 Å². The number of pyridine rings is 1. The zero-order valence-electron chi connectivity index (χ0n) is 17.5. The smallest absolute Gasteiger partial charge is 0.382 e. The molecule has 1 aromatic heterocycles. The van der Waals surface area contributed by atoms with E-state index in [-0.39, 0.29) is 6.04 Å². The summed E-state index contributed by atoms with van der Waals surface area (Å²) in [6.07, 6.45) is -0.583. The van der Waals surface area contributed by atoms with E-state index in [0.29, 0.717) is 42.8 Å². The van der Waals surface area contributed by atoms with Gasteiger partial charge in [-0.1, -0.05) is 34.8 Å². The quantitative estimate of drug-likeness (QED) is 0.361. The van der Waals surface area contributed by atoms with E-state index in [1.165, 1.54) is 0 Å². The SMILES string of the molecule is O=S(=O)(NC1CCC(Nc2ccnc3cc(Cl)ccc23)CC1)c1c(Cl)cc(C(F)(F)F)cc1Cl. The highest BCUT2D eigenvalue weighted by Gasteiger charge is 2.35. The Bertz CT molecular complexity index is 1300. The van der Waals surface area contributed by atoms with Crippen molar-refractivity contribution in [3.8, 4) is 0 Å². The molecule has 1 aliphatic rings. The van der Waals surface area contributed by atoms with Gasteiger partial charge in [-0.25, -0.2) is 13.1 Å². The van der Waals surface area contributed by atoms with Crippen molar-refractivity contribution in [2.45, 2.75) is 48.8 Å². The van der Waals surface area contributed by atoms with E-state index < -0.39 is 42.7 Å². The van der Waals surface area contributed by atoms with Crippen molar-refractivity contribution < 1.29 is 21.6 Å². The first-order valence-electron chi connectivity index (χ1n) is 10.3. The number of hydrogen-bond donors (Lipinski definition) is 2. The fraction of sp³-hybridized carbons (Fsp3) is 0.318. The Kier molecular flexibility index (Phi) is 7.22. The van der Waals surface area contributed by atoms with Gasteiger partial charge >= 0.3 is 6.18 Å². The minimum absolute atomic E-state index is 0.111. The molecule has 1 aliphatic carbocycles. The Balaban J connectivity index is 1.43. The van der Waals surface area contributed by atoms with Gasteiger partial charge in [0.15, 0.2) is 0 Å². The van der Waals surface area contributed by atoms with Crippen molar-refractivity contribution in [1.82, 2.24) is 9.71 Å². The minimum Gasteiger partial charge on any atom is -0.382 e. The van der Waals surface area contributed by atoms with Gasteiger partial charge in [0.1, 0.15) is 4.90 Å². The number of nitrogens with zero attached hydrogens (tertiary/aromatic N) is 1. The van der Waals surface area contributed by atoms with E-state index in [0.717, 1.165) is 16.6 Å². The van der Waals surface area contributed by atoms with Crippen LogP contribution in [0.3, 0.4) is 0 Å². The van der Waals surface area contributed by atoms with Crippen LogP contribution in [0.15, 0.2) is 47.5 Å². The zero-order valence-corrected chi connectivity index (χ0v) is 20.5. The van der Waals surface area contributed by atoms with Gasteiger partial charge in [-0.15, -0.1) is 0 Å². The zero-order chi connectivity index (χ0) is 24.7. The van der Waals surface area contributed by atoms with E-state index in [4.69, 9.17) is 34.8 Å². The summed E-state index contributed by atoms with van der Waals surface area (Å²) in [6, 6.07) is 8.19. The van der Waals surface area contributed by atoms with Crippen LogP contribution in [0.4, 0.5) is 18.9 Å². The minimum atomic E-state index is -4.69. The van der Waals surface area contributed by atoms with Gasteiger partial charge in [-0.05, 0) is 62.1 Å². The molecule has 3 aromatic rings. The number of nitrogens with one attached hydrogen (secondary N) is 2. The van der Waals surface area contributed by atoms with Crippen LogP contribution in [-0.2, 0) is 16.2 Å². The Morgan fingerprint density at radius 3 is 2.15 bits per heavy atom. The third kappa shape index (κ3) is 5.54. The van der Waals surface area contributed by atoms with Gasteiger partial charge in [0.2, 0.25) is 10.0 Å². The Labute approximate surface area is 209 Å². The van der Waals surface area contributed by atoms with Crippen LogP contribution in [0.25, 0.3) is 10.9 Å². The third-order valence-corrected chi connectivity index (χ3v) is 8.38. The summed E-state index contributed by atoms with van der Waals surface area (Å²) in [5.74, 6) is 0. The summed E-state index contributed by atoms with van der Waals surface area (Å²) in [6.45, 7) is 0. The number of halogens is 6. The number of sulfonamides is 1. The second-order valence-corrected chi connectivity index (χ2v) is 11.0. The van der Waals surface area contributed by atoms with Crippen LogP contribution in [0, 0.1) is 0 Å². The highest BCUT2D eigenvalue weighted by atomic mass is 35.5. The van der Waals surface area contributed by atoms with E-state index in [9.17, 15) is 21.6 Å². The van der Waals surface area contributed by atoms with Gasteiger partial charge in [-0.3, -0.25) is 4.98 Å². The molecule has 0 unspecified atom stereocenters. The van der Waals surface area contributed by atoms with Gasteiger partial charge in [0.05, 0.1) is 21.1 Å². The fourth-order valence-corrected chi connectivity index (χ4v) is 6.77. The summed E-state index contributed by atoms with van der Waals surface area (Å²) in [5.41, 5.74) is 0.567. The summed E-state index contributed by atoms with van der Waals surface area (Å²) >= 11 is 17.8. The number of benzene rings is 2. The predicted octanol–water partition coefficient (Wildman–Crippen LogP) is 6.92. The topological polar surface area (TPSA) is 71.1 Å². The molecule has 4 rings (SSSR count). The summed E-state index contributed by atoms with van der Waals surface area (Å²) < 4.78 is 67.1. The highest BCUT2D eigenvalue weighted by molar-refractivity contribution is 7.89. The van der Waals surface area contributed by atoms with E-state index >= 15 is 0 Å². The molecule has 1 fully saturated rings. The number of alkyl halides is 3. The maximum atomic E-state index is 12.9. The lowest BCUT2D eigenvalue weighted by Crippen LogP contribution is -2.40. The molecule has 34 heavy (non-hydrogen) atoms. The van der Waals surface area contributed by atoms with Crippen LogP contribution in [0.5, 0.6) is 0 Å². The van der Waals surface area contributed by atoms with Crippen molar-refractivity contribution in [1.29, 1.82) is 0 Å². The molecule has 0 aliphatic heterocycles. The van der Waals surface area contributed by atoms with E-state index in [1.807, 2.05) is 12.1 Å². The summed E-state index contributed by atoms with van der Waals surface area (Å²) in [4.78, 5) is 3.77. The maximum Gasteiger partial charge on any atom is 0.416 e. The van der Waals surface area contributed by atoms with Crippen LogP contribution in [0.2, 0.25) is 15.1 Å². The molecular weight excluding hydrogens is 534 g/mol. The van der Waals surface area contributed by atoms with Gasteiger partial charge in [-0.2, -0.15) is 13.2 Å². The monoisotopic (exact) mass is 551 g/mol. The summed E-state index contributed by atoms with van der Waals surface area (Å²) in [7, 11) is -4.22. The number of fused-ring (bicyclic) bond motifs is 1. The van der Waals surface area contributed by atoms with Crippen molar-refractivity contribution in [3.05, 3.63) is 63.2 Å². The third-order valence-electron chi connectivity index (χ3n) is 5.71. The fourth-order valence-electron chi connectivity index (χ4n) is 4.08. The Morgan fingerprint density at radius 1 is 0.912 bits per heavy atom. The molecule has 0 atom stereocenters. The van der Waals surface area contributed by atoms with Gasteiger partial charge < -0.3 is 5.32 Å². The lowest BCUT2D eigenvalue weighted by molar-refractivity contribution is -0.137. The molecule has 12 heteroatoms. The molecule has 0 saturated heterocycles. The van der Waals surface area contributed by atoms with Crippen molar-refractivity contribution >= 4 is 61.4 Å². The second-order valence-electron chi connectivity index (χ2n) is 8.10. The number of aromatic nitrogens is 1. The standard InChI is InChI=1S/C22H19Cl3F3N3O2S/c23-13-1-6-16-19(7-8-29-20(16)11-13)30-14-2-4-15(5-3-14)31-34(32,33)21-17(24)9-12(10-18(21)25)22(26,27)28/h1,6-11,14-15,31H,2-5H2,(H,29,30). The average Bonchev–Trinajstić information content (AvgIpc) is 2.73.